The van der Waals surface area contributed by atoms with Gasteiger partial charge >= 0.3 is 0 Å². The van der Waals surface area contributed by atoms with Crippen LogP contribution in [-0.4, -0.2) is 4.98 Å². The molecule has 0 atom stereocenters. The van der Waals surface area contributed by atoms with Crippen molar-refractivity contribution in [1.29, 1.82) is 0 Å². The van der Waals surface area contributed by atoms with Gasteiger partial charge in [0.15, 0.2) is 0 Å². The van der Waals surface area contributed by atoms with Crippen LogP contribution < -0.4 is 0 Å². The van der Waals surface area contributed by atoms with Crippen LogP contribution in [0.15, 0.2) is 47.1 Å². The minimum absolute atomic E-state index is 0.899. The highest BCUT2D eigenvalue weighted by molar-refractivity contribution is 5.85. The summed E-state index contributed by atoms with van der Waals surface area (Å²) in [6.07, 6.45) is 3.56. The van der Waals surface area contributed by atoms with E-state index in [-0.39, 0.29) is 0 Å². The second-order valence-corrected chi connectivity index (χ2v) is 4.35. The summed E-state index contributed by atoms with van der Waals surface area (Å²) in [6.45, 7) is 4.18. The Kier molecular flexibility index (Phi) is 2.22. The molecular weight excluding hydrogens is 210 g/mol. The van der Waals surface area contributed by atoms with E-state index >= 15 is 0 Å². The molecule has 0 radical (unpaired) electrons. The zero-order valence-corrected chi connectivity index (χ0v) is 9.90. The predicted octanol–water partition coefficient (Wildman–Crippen LogP) is 4.11. The van der Waals surface area contributed by atoms with E-state index in [0.29, 0.717) is 0 Å². The molecule has 0 amide bonds. The van der Waals surface area contributed by atoms with Gasteiger partial charge in [-0.15, -0.1) is 0 Å². The van der Waals surface area contributed by atoms with Crippen LogP contribution in [0, 0.1) is 13.8 Å². The third-order valence-electron chi connectivity index (χ3n) is 2.91. The van der Waals surface area contributed by atoms with Gasteiger partial charge in [-0.2, -0.15) is 0 Å². The Labute approximate surface area is 99.9 Å². The Morgan fingerprint density at radius 3 is 2.53 bits per heavy atom. The van der Waals surface area contributed by atoms with Gasteiger partial charge in [-0.3, -0.25) is 4.98 Å². The molecule has 2 aromatic heterocycles. The van der Waals surface area contributed by atoms with Crippen molar-refractivity contribution in [3.8, 4) is 11.3 Å². The van der Waals surface area contributed by atoms with Gasteiger partial charge in [0.05, 0.1) is 0 Å². The number of hydrogen-bond acceptors (Lipinski definition) is 2. The molecule has 3 aromatic rings. The summed E-state index contributed by atoms with van der Waals surface area (Å²) >= 11 is 0. The highest BCUT2D eigenvalue weighted by Crippen LogP contribution is 2.30. The molecular formula is C15H13NO. The fourth-order valence-electron chi connectivity index (χ4n) is 2.17. The van der Waals surface area contributed by atoms with Crippen molar-refractivity contribution in [2.75, 3.05) is 0 Å². The first kappa shape index (κ1) is 10.1. The van der Waals surface area contributed by atoms with E-state index in [4.69, 9.17) is 4.42 Å². The van der Waals surface area contributed by atoms with Crippen LogP contribution in [0.5, 0.6) is 0 Å². The quantitative estimate of drug-likeness (QED) is 0.620. The van der Waals surface area contributed by atoms with Crippen molar-refractivity contribution >= 4 is 11.0 Å². The van der Waals surface area contributed by atoms with E-state index in [2.05, 4.69) is 37.0 Å². The molecule has 2 heteroatoms. The maximum Gasteiger partial charge on any atom is 0.137 e. The number of hydrogen-bond donors (Lipinski definition) is 0. The molecule has 0 spiro atoms. The largest absolute Gasteiger partial charge is 0.456 e. The number of aromatic nitrogens is 1. The summed E-state index contributed by atoms with van der Waals surface area (Å²) < 4.78 is 5.91. The lowest BCUT2D eigenvalue weighted by Crippen LogP contribution is -1.76. The molecule has 84 valence electrons. The second kappa shape index (κ2) is 3.74. The molecule has 0 saturated heterocycles. The highest BCUT2D eigenvalue weighted by atomic mass is 16.3. The van der Waals surface area contributed by atoms with Crippen LogP contribution in [0.4, 0.5) is 0 Å². The molecule has 0 fully saturated rings. The van der Waals surface area contributed by atoms with E-state index in [9.17, 15) is 0 Å². The number of benzene rings is 1. The Balaban J connectivity index is 2.24. The lowest BCUT2D eigenvalue weighted by Gasteiger charge is -1.97. The van der Waals surface area contributed by atoms with Gasteiger partial charge in [-0.05, 0) is 43.7 Å². The maximum absolute atomic E-state index is 5.91. The predicted molar refractivity (Wildman–Crippen MR) is 68.9 cm³/mol. The molecule has 0 N–H and O–H groups in total. The number of nitrogens with zero attached hydrogens (tertiary/aromatic N) is 1. The maximum atomic E-state index is 5.91. The number of furan rings is 1. The lowest BCUT2D eigenvalue weighted by atomic mass is 10.1. The Morgan fingerprint density at radius 1 is 1.00 bits per heavy atom. The molecule has 0 aliphatic carbocycles. The lowest BCUT2D eigenvalue weighted by molar-refractivity contribution is 0.628. The van der Waals surface area contributed by atoms with E-state index in [1.54, 1.807) is 12.4 Å². The minimum atomic E-state index is 0.899. The Hall–Kier alpha value is -2.09. The molecule has 0 bridgehead atoms. The zero-order valence-electron chi connectivity index (χ0n) is 9.90. The summed E-state index contributed by atoms with van der Waals surface area (Å²) in [5.41, 5.74) is 4.48. The van der Waals surface area contributed by atoms with Crippen LogP contribution in [-0.2, 0) is 0 Å². The van der Waals surface area contributed by atoms with E-state index < -0.39 is 0 Å². The second-order valence-electron chi connectivity index (χ2n) is 4.35. The van der Waals surface area contributed by atoms with E-state index in [1.165, 1.54) is 11.1 Å². The molecule has 0 saturated carbocycles. The average Bonchev–Trinajstić information content (AvgIpc) is 2.74. The van der Waals surface area contributed by atoms with Crippen molar-refractivity contribution in [3.63, 3.8) is 0 Å². The Morgan fingerprint density at radius 2 is 1.76 bits per heavy atom. The summed E-state index contributed by atoms with van der Waals surface area (Å²) in [5.74, 6) is 0.899. The fraction of sp³-hybridized carbons (Fsp3) is 0.133. The average molecular weight is 223 g/mol. The SMILES string of the molecule is Cc1cc(C)c2oc(-c3ccncc3)cc2c1. The summed E-state index contributed by atoms with van der Waals surface area (Å²) in [4.78, 5) is 4.01. The molecule has 2 nitrogen and oxygen atoms in total. The van der Waals surface area contributed by atoms with Crippen LogP contribution >= 0.6 is 0 Å². The monoisotopic (exact) mass is 223 g/mol. The highest BCUT2D eigenvalue weighted by Gasteiger charge is 2.08. The fourth-order valence-corrected chi connectivity index (χ4v) is 2.17. The van der Waals surface area contributed by atoms with E-state index in [1.807, 2.05) is 12.1 Å². The number of rotatable bonds is 1. The molecule has 1 aromatic carbocycles. The van der Waals surface area contributed by atoms with Crippen LogP contribution in [0.3, 0.4) is 0 Å². The van der Waals surface area contributed by atoms with Gasteiger partial charge < -0.3 is 4.42 Å². The van der Waals surface area contributed by atoms with Crippen molar-refractivity contribution in [1.82, 2.24) is 4.98 Å². The van der Waals surface area contributed by atoms with Gasteiger partial charge in [0.2, 0.25) is 0 Å². The smallest absolute Gasteiger partial charge is 0.137 e. The zero-order chi connectivity index (χ0) is 11.8. The standard InChI is InChI=1S/C15H13NO/c1-10-7-11(2)15-13(8-10)9-14(17-15)12-3-5-16-6-4-12/h3-9H,1-2H3. The first-order chi connectivity index (χ1) is 8.24. The van der Waals surface area contributed by atoms with Crippen LogP contribution in [0.1, 0.15) is 11.1 Å². The normalized spacial score (nSPS) is 10.9. The van der Waals surface area contributed by atoms with Crippen molar-refractivity contribution < 1.29 is 4.42 Å². The van der Waals surface area contributed by atoms with Gasteiger partial charge in [-0.1, -0.05) is 11.6 Å². The number of fused-ring (bicyclic) bond motifs is 1. The van der Waals surface area contributed by atoms with E-state index in [0.717, 1.165) is 22.3 Å². The molecule has 0 aliphatic rings. The number of pyridine rings is 1. The number of aryl methyl sites for hydroxylation is 2. The van der Waals surface area contributed by atoms with Crippen LogP contribution in [0.2, 0.25) is 0 Å². The molecule has 0 aliphatic heterocycles. The topological polar surface area (TPSA) is 26.0 Å². The van der Waals surface area contributed by atoms with Crippen molar-refractivity contribution in [2.45, 2.75) is 13.8 Å². The minimum Gasteiger partial charge on any atom is -0.456 e. The third kappa shape index (κ3) is 1.72. The first-order valence-electron chi connectivity index (χ1n) is 5.65. The van der Waals surface area contributed by atoms with Gasteiger partial charge in [-0.25, -0.2) is 0 Å². The first-order valence-corrected chi connectivity index (χ1v) is 5.65. The Bertz CT molecular complexity index is 668. The molecule has 2 heterocycles. The van der Waals surface area contributed by atoms with Crippen molar-refractivity contribution in [2.24, 2.45) is 0 Å². The van der Waals surface area contributed by atoms with Gasteiger partial charge in [0, 0.05) is 23.3 Å². The molecule has 3 rings (SSSR count). The summed E-state index contributed by atoms with van der Waals surface area (Å²) in [6, 6.07) is 10.3. The summed E-state index contributed by atoms with van der Waals surface area (Å²) in [5, 5.41) is 1.16. The van der Waals surface area contributed by atoms with Gasteiger partial charge in [0.25, 0.3) is 0 Å². The third-order valence-corrected chi connectivity index (χ3v) is 2.91. The van der Waals surface area contributed by atoms with Crippen LogP contribution in [0.25, 0.3) is 22.3 Å². The van der Waals surface area contributed by atoms with Gasteiger partial charge in [0.1, 0.15) is 11.3 Å². The molecule has 17 heavy (non-hydrogen) atoms. The van der Waals surface area contributed by atoms with Crippen molar-refractivity contribution in [3.05, 3.63) is 53.9 Å². The summed E-state index contributed by atoms with van der Waals surface area (Å²) in [7, 11) is 0. The molecule has 0 unspecified atom stereocenters.